The zero-order valence-corrected chi connectivity index (χ0v) is 14.1. The number of benzene rings is 1. The van der Waals surface area contributed by atoms with Gasteiger partial charge in [0.25, 0.3) is 5.91 Å². The van der Waals surface area contributed by atoms with Gasteiger partial charge in [0.05, 0.1) is 0 Å². The molecule has 6 heteroatoms. The number of carbonyl (C=O) groups excluding carboxylic acids is 3. The lowest BCUT2D eigenvalue weighted by Gasteiger charge is -2.07. The molecule has 1 heterocycles. The molecule has 1 aromatic heterocycles. The number of aromatic nitrogens is 1. The van der Waals surface area contributed by atoms with Crippen LogP contribution in [0, 0.1) is 6.92 Å². The average molecular weight is 339 g/mol. The van der Waals surface area contributed by atoms with Crippen molar-refractivity contribution in [3.63, 3.8) is 0 Å². The van der Waals surface area contributed by atoms with Crippen LogP contribution in [-0.2, 0) is 4.79 Å². The molecule has 130 valence electrons. The predicted molar refractivity (Wildman–Crippen MR) is 94.3 cm³/mol. The molecule has 0 spiro atoms. The highest BCUT2D eigenvalue weighted by Gasteiger charge is 2.09. The summed E-state index contributed by atoms with van der Waals surface area (Å²) in [4.78, 5) is 39.4. The molecule has 0 radical (unpaired) electrons. The smallest absolute Gasteiger partial charge is 0.269 e. The normalized spacial score (nSPS) is 10.1. The number of hydrogen-bond acceptors (Lipinski definition) is 4. The van der Waals surface area contributed by atoms with Crippen molar-refractivity contribution in [1.82, 2.24) is 15.6 Å². The second-order valence-electron chi connectivity index (χ2n) is 5.61. The molecule has 0 atom stereocenters. The standard InChI is InChI=1S/C19H21N3O3/c1-14-5-7-15(8-6-14)17(23)9-10-18(24)21-12-13-22-19(25)16-4-2-3-11-20-16/h2-8,11H,9-10,12-13H2,1H3,(H,21,24)(H,22,25). The first kappa shape index (κ1) is 18.3. The van der Waals surface area contributed by atoms with Gasteiger partial charge < -0.3 is 10.6 Å². The maximum absolute atomic E-state index is 12.0. The quantitative estimate of drug-likeness (QED) is 0.568. The van der Waals surface area contributed by atoms with Crippen LogP contribution in [-0.4, -0.2) is 35.7 Å². The van der Waals surface area contributed by atoms with Crippen molar-refractivity contribution >= 4 is 17.6 Å². The van der Waals surface area contributed by atoms with E-state index in [4.69, 9.17) is 0 Å². The highest BCUT2D eigenvalue weighted by molar-refractivity contribution is 5.98. The summed E-state index contributed by atoms with van der Waals surface area (Å²) in [6.45, 7) is 2.55. The van der Waals surface area contributed by atoms with Crippen molar-refractivity contribution in [2.75, 3.05) is 13.1 Å². The SMILES string of the molecule is Cc1ccc(C(=O)CCC(=O)NCCNC(=O)c2ccccn2)cc1. The minimum absolute atomic E-state index is 0.0568. The number of aryl methyl sites for hydroxylation is 1. The van der Waals surface area contributed by atoms with E-state index in [1.54, 1.807) is 36.5 Å². The third kappa shape index (κ3) is 6.18. The highest BCUT2D eigenvalue weighted by Crippen LogP contribution is 2.07. The summed E-state index contributed by atoms with van der Waals surface area (Å²) in [7, 11) is 0. The van der Waals surface area contributed by atoms with Gasteiger partial charge in [0.2, 0.25) is 5.91 Å². The van der Waals surface area contributed by atoms with Crippen LogP contribution in [0.4, 0.5) is 0 Å². The Labute approximate surface area is 146 Å². The van der Waals surface area contributed by atoms with Gasteiger partial charge in [-0.25, -0.2) is 0 Å². The predicted octanol–water partition coefficient (Wildman–Crippen LogP) is 1.90. The van der Waals surface area contributed by atoms with E-state index in [0.29, 0.717) is 24.3 Å². The van der Waals surface area contributed by atoms with Crippen LogP contribution in [0.15, 0.2) is 48.7 Å². The third-order valence-electron chi connectivity index (χ3n) is 3.58. The fourth-order valence-corrected chi connectivity index (χ4v) is 2.16. The van der Waals surface area contributed by atoms with Crippen LogP contribution in [0.2, 0.25) is 0 Å². The molecule has 2 rings (SSSR count). The van der Waals surface area contributed by atoms with Gasteiger partial charge in [-0.15, -0.1) is 0 Å². The van der Waals surface area contributed by atoms with E-state index in [-0.39, 0.29) is 30.4 Å². The number of pyridine rings is 1. The molecule has 25 heavy (non-hydrogen) atoms. The molecule has 6 nitrogen and oxygen atoms in total. The minimum atomic E-state index is -0.288. The van der Waals surface area contributed by atoms with Crippen molar-refractivity contribution in [2.45, 2.75) is 19.8 Å². The number of hydrogen-bond donors (Lipinski definition) is 2. The van der Waals surface area contributed by atoms with Gasteiger partial charge in [-0.3, -0.25) is 19.4 Å². The highest BCUT2D eigenvalue weighted by atomic mass is 16.2. The number of carbonyl (C=O) groups is 3. The maximum Gasteiger partial charge on any atom is 0.269 e. The molecular weight excluding hydrogens is 318 g/mol. The zero-order valence-electron chi connectivity index (χ0n) is 14.1. The van der Waals surface area contributed by atoms with Crippen molar-refractivity contribution in [3.8, 4) is 0 Å². The Hall–Kier alpha value is -3.02. The van der Waals surface area contributed by atoms with E-state index in [0.717, 1.165) is 5.56 Å². The molecule has 0 aliphatic carbocycles. The second-order valence-corrected chi connectivity index (χ2v) is 5.61. The summed E-state index contributed by atoms with van der Waals surface area (Å²) >= 11 is 0. The van der Waals surface area contributed by atoms with Gasteiger partial charge in [0.15, 0.2) is 5.78 Å². The van der Waals surface area contributed by atoms with E-state index >= 15 is 0 Å². The molecule has 0 bridgehead atoms. The van der Waals surface area contributed by atoms with Gasteiger partial charge in [0, 0.05) is 37.7 Å². The Bertz CT molecular complexity index is 727. The summed E-state index contributed by atoms with van der Waals surface area (Å²) in [5, 5.41) is 5.35. The van der Waals surface area contributed by atoms with Crippen LogP contribution < -0.4 is 10.6 Å². The molecule has 1 aromatic carbocycles. The molecule has 0 unspecified atom stereocenters. The van der Waals surface area contributed by atoms with Crippen molar-refractivity contribution < 1.29 is 14.4 Å². The third-order valence-corrected chi connectivity index (χ3v) is 3.58. The van der Waals surface area contributed by atoms with Crippen LogP contribution in [0.1, 0.15) is 39.3 Å². The summed E-state index contributed by atoms with van der Waals surface area (Å²) in [5.41, 5.74) is 2.03. The van der Waals surface area contributed by atoms with Crippen molar-refractivity contribution in [3.05, 3.63) is 65.5 Å². The molecule has 0 aliphatic rings. The van der Waals surface area contributed by atoms with Crippen molar-refractivity contribution in [1.29, 1.82) is 0 Å². The Morgan fingerprint density at radius 1 is 0.920 bits per heavy atom. The Balaban J connectivity index is 1.63. The van der Waals surface area contributed by atoms with Gasteiger partial charge in [-0.05, 0) is 19.1 Å². The van der Waals surface area contributed by atoms with E-state index in [1.165, 1.54) is 0 Å². The fourth-order valence-electron chi connectivity index (χ4n) is 2.16. The molecule has 0 saturated carbocycles. The molecule has 2 amide bonds. The van der Waals surface area contributed by atoms with Gasteiger partial charge in [-0.1, -0.05) is 35.9 Å². The lowest BCUT2D eigenvalue weighted by atomic mass is 10.1. The minimum Gasteiger partial charge on any atom is -0.354 e. The van der Waals surface area contributed by atoms with Gasteiger partial charge >= 0.3 is 0 Å². The molecule has 0 aliphatic heterocycles. The number of nitrogens with one attached hydrogen (secondary N) is 2. The van der Waals surface area contributed by atoms with Crippen LogP contribution >= 0.6 is 0 Å². The molecule has 0 fully saturated rings. The van der Waals surface area contributed by atoms with Gasteiger partial charge in [-0.2, -0.15) is 0 Å². The first-order valence-electron chi connectivity index (χ1n) is 8.12. The van der Waals surface area contributed by atoms with Crippen LogP contribution in [0.5, 0.6) is 0 Å². The lowest BCUT2D eigenvalue weighted by molar-refractivity contribution is -0.121. The molecular formula is C19H21N3O3. The monoisotopic (exact) mass is 339 g/mol. The summed E-state index contributed by atoms with van der Waals surface area (Å²) in [6.07, 6.45) is 1.83. The largest absolute Gasteiger partial charge is 0.354 e. The number of Topliss-reactive ketones (excluding diaryl/α,β-unsaturated/α-hetero) is 1. The number of ketones is 1. The number of amides is 2. The molecule has 2 N–H and O–H groups in total. The van der Waals surface area contributed by atoms with Crippen molar-refractivity contribution in [2.24, 2.45) is 0 Å². The maximum atomic E-state index is 12.0. The van der Waals surface area contributed by atoms with E-state index in [1.807, 2.05) is 19.1 Å². The number of rotatable bonds is 8. The Kier molecular flexibility index (Phi) is 6.83. The lowest BCUT2D eigenvalue weighted by Crippen LogP contribution is -2.35. The summed E-state index contributed by atoms with van der Waals surface area (Å²) < 4.78 is 0. The molecule has 2 aromatic rings. The zero-order chi connectivity index (χ0) is 18.1. The van der Waals surface area contributed by atoms with Gasteiger partial charge in [0.1, 0.15) is 5.69 Å². The average Bonchev–Trinajstić information content (AvgIpc) is 2.64. The van der Waals surface area contributed by atoms with Crippen LogP contribution in [0.3, 0.4) is 0 Å². The Morgan fingerprint density at radius 2 is 1.64 bits per heavy atom. The van der Waals surface area contributed by atoms with E-state index < -0.39 is 0 Å². The van der Waals surface area contributed by atoms with E-state index in [9.17, 15) is 14.4 Å². The fraction of sp³-hybridized carbons (Fsp3) is 0.263. The summed E-state index contributed by atoms with van der Waals surface area (Å²) in [6, 6.07) is 12.4. The molecule has 0 saturated heterocycles. The topological polar surface area (TPSA) is 88.2 Å². The van der Waals surface area contributed by atoms with Crippen LogP contribution in [0.25, 0.3) is 0 Å². The first-order valence-corrected chi connectivity index (χ1v) is 8.12. The summed E-state index contributed by atoms with van der Waals surface area (Å²) in [5.74, 6) is -0.560. The number of nitrogens with zero attached hydrogens (tertiary/aromatic N) is 1. The first-order chi connectivity index (χ1) is 12.1. The van der Waals surface area contributed by atoms with E-state index in [2.05, 4.69) is 15.6 Å². The Morgan fingerprint density at radius 3 is 2.32 bits per heavy atom. The second kappa shape index (κ2) is 9.32.